The largest absolute Gasteiger partial charge is 0.0678 e. The molecule has 1 atom stereocenters. The van der Waals surface area contributed by atoms with Gasteiger partial charge in [0.1, 0.15) is 0 Å². The molecule has 0 amide bonds. The van der Waals surface area contributed by atoms with Crippen molar-refractivity contribution in [1.82, 2.24) is 0 Å². The summed E-state index contributed by atoms with van der Waals surface area (Å²) in [4.78, 5) is 0. The van der Waals surface area contributed by atoms with E-state index in [1.54, 1.807) is 18.9 Å². The predicted molar refractivity (Wildman–Crippen MR) is 73.3 cm³/mol. The molecule has 0 radical (unpaired) electrons. The summed E-state index contributed by atoms with van der Waals surface area (Å²) in [5.74, 6) is 0. The highest BCUT2D eigenvalue weighted by atomic mass is 28.3. The molecule has 0 bridgehead atoms. The van der Waals surface area contributed by atoms with Crippen LogP contribution in [-0.2, 0) is 0 Å². The van der Waals surface area contributed by atoms with E-state index >= 15 is 0 Å². The van der Waals surface area contributed by atoms with Gasteiger partial charge in [0, 0.05) is 0 Å². The van der Waals surface area contributed by atoms with Gasteiger partial charge in [0.25, 0.3) is 0 Å². The molecule has 0 aromatic heterocycles. The molecule has 1 saturated heterocycles. The summed E-state index contributed by atoms with van der Waals surface area (Å²) in [5, 5.41) is 0.823. The first-order valence-corrected chi connectivity index (χ1v) is 9.82. The van der Waals surface area contributed by atoms with E-state index in [1.807, 2.05) is 0 Å². The maximum Gasteiger partial charge on any atom is 0.0592 e. The van der Waals surface area contributed by atoms with E-state index < -0.39 is 8.07 Å². The van der Waals surface area contributed by atoms with Crippen molar-refractivity contribution in [3.8, 4) is 0 Å². The van der Waals surface area contributed by atoms with E-state index in [-0.39, 0.29) is 0 Å². The molecule has 0 nitrogen and oxygen atoms in total. The monoisotopic (exact) mass is 226 g/mol. The lowest BCUT2D eigenvalue weighted by molar-refractivity contribution is 0.391. The molecule has 0 aliphatic carbocycles. The average Bonchev–Trinajstić information content (AvgIpc) is 2.30. The molecule has 1 rings (SSSR count). The van der Waals surface area contributed by atoms with Gasteiger partial charge in [0.15, 0.2) is 0 Å². The Labute approximate surface area is 97.9 Å². The summed E-state index contributed by atoms with van der Waals surface area (Å²) in [7, 11) is -0.931. The minimum absolute atomic E-state index is 0.823. The average molecular weight is 226 g/mol. The first-order valence-electron chi connectivity index (χ1n) is 7.20. The topological polar surface area (TPSA) is 0 Å². The molecule has 0 aromatic carbocycles. The maximum atomic E-state index is 2.49. The number of rotatable bonds is 5. The third-order valence-electron chi connectivity index (χ3n) is 5.44. The van der Waals surface area contributed by atoms with Crippen molar-refractivity contribution in [2.75, 3.05) is 0 Å². The van der Waals surface area contributed by atoms with Crippen LogP contribution in [0.25, 0.3) is 0 Å². The summed E-state index contributed by atoms with van der Waals surface area (Å²) < 4.78 is 0. The minimum atomic E-state index is -0.931. The van der Waals surface area contributed by atoms with Crippen LogP contribution in [-0.4, -0.2) is 8.07 Å². The first-order chi connectivity index (χ1) is 7.20. The van der Waals surface area contributed by atoms with Crippen LogP contribution in [0.15, 0.2) is 0 Å². The SMILES string of the molecule is CCCC1(CC)CCCC[Si]1(CC)CC. The van der Waals surface area contributed by atoms with Gasteiger partial charge < -0.3 is 0 Å². The van der Waals surface area contributed by atoms with Crippen molar-refractivity contribution in [3.63, 3.8) is 0 Å². The van der Waals surface area contributed by atoms with Crippen LogP contribution in [0.3, 0.4) is 0 Å². The molecule has 1 aliphatic heterocycles. The summed E-state index contributed by atoms with van der Waals surface area (Å²) in [5.41, 5.74) is 0. The summed E-state index contributed by atoms with van der Waals surface area (Å²) in [6, 6.07) is 4.71. The van der Waals surface area contributed by atoms with E-state index in [4.69, 9.17) is 0 Å². The summed E-state index contributed by atoms with van der Waals surface area (Å²) >= 11 is 0. The molecular weight excluding hydrogens is 196 g/mol. The Morgan fingerprint density at radius 1 is 1.00 bits per heavy atom. The van der Waals surface area contributed by atoms with Crippen molar-refractivity contribution in [2.45, 2.75) is 89.4 Å². The molecule has 15 heavy (non-hydrogen) atoms. The Morgan fingerprint density at radius 2 is 1.67 bits per heavy atom. The molecule has 0 N–H and O–H groups in total. The van der Waals surface area contributed by atoms with Gasteiger partial charge in [-0.25, -0.2) is 0 Å². The van der Waals surface area contributed by atoms with Gasteiger partial charge in [-0.15, -0.1) is 0 Å². The van der Waals surface area contributed by atoms with Crippen LogP contribution in [0.1, 0.15) is 66.2 Å². The number of hydrogen-bond acceptors (Lipinski definition) is 0. The smallest absolute Gasteiger partial charge is 0.0592 e. The van der Waals surface area contributed by atoms with Crippen molar-refractivity contribution >= 4 is 8.07 Å². The highest BCUT2D eigenvalue weighted by Crippen LogP contribution is 2.58. The zero-order valence-corrected chi connectivity index (χ0v) is 12.4. The van der Waals surface area contributed by atoms with E-state index in [0.29, 0.717) is 0 Å². The molecular formula is C14H30Si. The van der Waals surface area contributed by atoms with E-state index in [1.165, 1.54) is 37.8 Å². The van der Waals surface area contributed by atoms with Crippen LogP contribution < -0.4 is 0 Å². The quantitative estimate of drug-likeness (QED) is 0.535. The third-order valence-corrected chi connectivity index (χ3v) is 12.6. The van der Waals surface area contributed by atoms with Gasteiger partial charge in [-0.2, -0.15) is 0 Å². The molecule has 1 heteroatoms. The lowest BCUT2D eigenvalue weighted by Crippen LogP contribution is -2.49. The molecule has 1 aliphatic rings. The van der Waals surface area contributed by atoms with Crippen molar-refractivity contribution < 1.29 is 0 Å². The highest BCUT2D eigenvalue weighted by Gasteiger charge is 2.49. The van der Waals surface area contributed by atoms with Crippen LogP contribution >= 0.6 is 0 Å². The Kier molecular flexibility index (Phi) is 4.89. The number of hydrogen-bond donors (Lipinski definition) is 0. The molecule has 1 unspecified atom stereocenters. The van der Waals surface area contributed by atoms with Crippen LogP contribution in [0.2, 0.25) is 23.2 Å². The first kappa shape index (κ1) is 13.3. The van der Waals surface area contributed by atoms with Gasteiger partial charge in [-0.05, 0) is 11.5 Å². The Hall–Kier alpha value is 0.217. The van der Waals surface area contributed by atoms with Crippen molar-refractivity contribution in [3.05, 3.63) is 0 Å². The second kappa shape index (κ2) is 5.52. The summed E-state index contributed by atoms with van der Waals surface area (Å²) in [6.07, 6.45) is 9.02. The second-order valence-corrected chi connectivity index (χ2v) is 11.1. The van der Waals surface area contributed by atoms with E-state index in [0.717, 1.165) is 5.04 Å². The van der Waals surface area contributed by atoms with Crippen molar-refractivity contribution in [1.29, 1.82) is 0 Å². The molecule has 0 saturated carbocycles. The second-order valence-electron chi connectivity index (χ2n) is 5.58. The molecule has 0 aromatic rings. The zero-order valence-electron chi connectivity index (χ0n) is 11.4. The van der Waals surface area contributed by atoms with Gasteiger partial charge in [-0.1, -0.05) is 77.9 Å². The summed E-state index contributed by atoms with van der Waals surface area (Å²) in [6.45, 7) is 9.83. The fourth-order valence-corrected chi connectivity index (χ4v) is 10.8. The van der Waals surface area contributed by atoms with Crippen LogP contribution in [0.4, 0.5) is 0 Å². The minimum Gasteiger partial charge on any atom is -0.0678 e. The fourth-order valence-electron chi connectivity index (χ4n) is 4.41. The lowest BCUT2D eigenvalue weighted by Gasteiger charge is -2.52. The van der Waals surface area contributed by atoms with Crippen LogP contribution in [0, 0.1) is 0 Å². The van der Waals surface area contributed by atoms with E-state index in [9.17, 15) is 0 Å². The molecule has 90 valence electrons. The van der Waals surface area contributed by atoms with Gasteiger partial charge in [-0.3, -0.25) is 0 Å². The highest BCUT2D eigenvalue weighted by molar-refractivity contribution is 6.82. The predicted octanol–water partition coefficient (Wildman–Crippen LogP) is 5.61. The third kappa shape index (κ3) is 2.18. The molecule has 1 fully saturated rings. The van der Waals surface area contributed by atoms with E-state index in [2.05, 4.69) is 27.7 Å². The Balaban J connectivity index is 2.95. The Morgan fingerprint density at radius 3 is 2.13 bits per heavy atom. The van der Waals surface area contributed by atoms with Gasteiger partial charge in [0.2, 0.25) is 0 Å². The van der Waals surface area contributed by atoms with Crippen molar-refractivity contribution in [2.24, 2.45) is 0 Å². The fraction of sp³-hybridized carbons (Fsp3) is 1.00. The lowest BCUT2D eigenvalue weighted by atomic mass is 9.92. The van der Waals surface area contributed by atoms with Gasteiger partial charge in [0.05, 0.1) is 8.07 Å². The molecule has 1 heterocycles. The Bertz CT molecular complexity index is 180. The standard InChI is InChI=1S/C14H30Si/c1-5-11-14(6-2)12-9-10-13-15(14,7-3)8-4/h5-13H2,1-4H3. The maximum absolute atomic E-state index is 2.49. The van der Waals surface area contributed by atoms with Gasteiger partial charge >= 0.3 is 0 Å². The normalized spacial score (nSPS) is 30.4. The zero-order chi connectivity index (χ0) is 11.4. The molecule has 0 spiro atoms. The van der Waals surface area contributed by atoms with Crippen LogP contribution in [0.5, 0.6) is 0 Å².